The van der Waals surface area contributed by atoms with Crippen molar-refractivity contribution in [3.8, 4) is 0 Å². The molecule has 0 bridgehead atoms. The molecule has 1 unspecified atom stereocenters. The molecule has 9 nitrogen and oxygen atoms in total. The largest absolute Gasteiger partial charge is 0.394 e. The van der Waals surface area contributed by atoms with Crippen LogP contribution in [0.2, 0.25) is 0 Å². The molecule has 0 spiro atoms. The molecule has 3 aliphatic rings. The van der Waals surface area contributed by atoms with E-state index in [1.54, 1.807) is 0 Å². The highest BCUT2D eigenvalue weighted by Crippen LogP contribution is 2.36. The number of imidazole rings is 1. The lowest BCUT2D eigenvalue weighted by molar-refractivity contribution is -0.0447. The number of hydrogen-bond acceptors (Lipinski definition) is 7. The van der Waals surface area contributed by atoms with E-state index >= 15 is 0 Å². The third-order valence-electron chi connectivity index (χ3n) is 4.83. The zero-order valence-electron chi connectivity index (χ0n) is 12.9. The van der Waals surface area contributed by atoms with Gasteiger partial charge in [0.25, 0.3) is 0 Å². The van der Waals surface area contributed by atoms with Crippen LogP contribution in [0, 0.1) is 0 Å². The van der Waals surface area contributed by atoms with E-state index in [1.807, 2.05) is 6.92 Å². The number of nitrogens with zero attached hydrogens (tertiary/aromatic N) is 3. The molecule has 1 aromatic rings. The molecule has 1 saturated heterocycles. The van der Waals surface area contributed by atoms with Crippen LogP contribution >= 0.6 is 0 Å². The molecule has 0 aromatic carbocycles. The van der Waals surface area contributed by atoms with Crippen LogP contribution < -0.4 is 11.0 Å². The molecule has 4 rings (SSSR count). The van der Waals surface area contributed by atoms with Crippen molar-refractivity contribution in [2.45, 2.75) is 44.2 Å². The first kappa shape index (κ1) is 14.7. The first-order valence-corrected chi connectivity index (χ1v) is 7.97. The molecule has 0 radical (unpaired) electrons. The minimum Gasteiger partial charge on any atom is -0.394 e. The predicted molar refractivity (Wildman–Crippen MR) is 82.3 cm³/mol. The average molecular weight is 323 g/mol. The Balaban J connectivity index is 1.73. The van der Waals surface area contributed by atoms with Gasteiger partial charge in [-0.1, -0.05) is 0 Å². The lowest BCUT2D eigenvalue weighted by atomic mass is 10.1. The average Bonchev–Trinajstić information content (AvgIpc) is 3.07. The van der Waals surface area contributed by atoms with Crippen LogP contribution in [0.5, 0.6) is 0 Å². The summed E-state index contributed by atoms with van der Waals surface area (Å²) in [5.41, 5.74) is 0.506. The zero-order chi connectivity index (χ0) is 16.1. The summed E-state index contributed by atoms with van der Waals surface area (Å²) in [6.45, 7) is 3.41. The molecule has 23 heavy (non-hydrogen) atoms. The summed E-state index contributed by atoms with van der Waals surface area (Å²) in [6, 6.07) is 0.0132. The van der Waals surface area contributed by atoms with Crippen molar-refractivity contribution in [2.75, 3.05) is 25.0 Å². The minimum absolute atomic E-state index is 0.0132. The van der Waals surface area contributed by atoms with E-state index in [4.69, 9.17) is 4.74 Å². The van der Waals surface area contributed by atoms with Crippen LogP contribution in [-0.4, -0.2) is 62.5 Å². The van der Waals surface area contributed by atoms with Crippen molar-refractivity contribution in [1.29, 1.82) is 0 Å². The first-order valence-electron chi connectivity index (χ1n) is 7.97. The van der Waals surface area contributed by atoms with Gasteiger partial charge in [-0.2, -0.15) is 0 Å². The van der Waals surface area contributed by atoms with Crippen molar-refractivity contribution in [1.82, 2.24) is 14.5 Å². The van der Waals surface area contributed by atoms with Crippen molar-refractivity contribution in [2.24, 2.45) is 4.99 Å². The highest BCUT2D eigenvalue weighted by Gasteiger charge is 2.40. The Morgan fingerprint density at radius 1 is 1.48 bits per heavy atom. The summed E-state index contributed by atoms with van der Waals surface area (Å²) in [5, 5.41) is 22.4. The normalized spacial score (nSPS) is 33.0. The van der Waals surface area contributed by atoms with E-state index in [0.717, 1.165) is 31.2 Å². The number of fused-ring (bicyclic) bond motifs is 2. The van der Waals surface area contributed by atoms with Crippen molar-refractivity contribution in [3.05, 3.63) is 16.2 Å². The standard InChI is InChI=1S/C14H21N5O4/c1-7-11-12(17-13-15-3-2-4-18(7)13)19(14(22)16-11)10-5-8(21)9(6-20)23-10/h7-10,20-21H,2-6H2,1H3,(H,15,17)(H,16,22)/t7?,8-,9+,10+/m0/s1. The minimum atomic E-state index is -0.785. The van der Waals surface area contributed by atoms with E-state index in [-0.39, 0.29) is 24.8 Å². The number of ether oxygens (including phenoxy) is 1. The smallest absolute Gasteiger partial charge is 0.329 e. The molecule has 4 atom stereocenters. The quantitative estimate of drug-likeness (QED) is 0.576. The van der Waals surface area contributed by atoms with Gasteiger partial charge in [-0.3, -0.25) is 9.56 Å². The van der Waals surface area contributed by atoms with E-state index in [1.165, 1.54) is 4.57 Å². The van der Waals surface area contributed by atoms with Crippen LogP contribution in [0.15, 0.2) is 9.79 Å². The Bertz CT molecular complexity index is 696. The van der Waals surface area contributed by atoms with Crippen LogP contribution in [0.25, 0.3) is 0 Å². The molecule has 3 aliphatic heterocycles. The fourth-order valence-electron chi connectivity index (χ4n) is 3.58. The second-order valence-corrected chi connectivity index (χ2v) is 6.23. The number of aromatic nitrogens is 2. The number of anilines is 1. The van der Waals surface area contributed by atoms with E-state index in [0.29, 0.717) is 5.82 Å². The molecule has 0 saturated carbocycles. The van der Waals surface area contributed by atoms with Gasteiger partial charge in [0, 0.05) is 19.5 Å². The molecule has 1 fully saturated rings. The molecule has 1 aromatic heterocycles. The van der Waals surface area contributed by atoms with Crippen molar-refractivity contribution < 1.29 is 14.9 Å². The van der Waals surface area contributed by atoms with E-state index in [2.05, 4.69) is 20.2 Å². The van der Waals surface area contributed by atoms with Gasteiger partial charge in [0.15, 0.2) is 5.96 Å². The Hall–Kier alpha value is -1.84. The van der Waals surface area contributed by atoms with Gasteiger partial charge in [0.2, 0.25) is 0 Å². The van der Waals surface area contributed by atoms with Gasteiger partial charge >= 0.3 is 5.69 Å². The molecule has 0 aliphatic carbocycles. The van der Waals surface area contributed by atoms with E-state index < -0.39 is 18.4 Å². The maximum Gasteiger partial charge on any atom is 0.329 e. The molecule has 4 heterocycles. The SMILES string of the molecule is CC1c2[nH]c(=O)n([C@H]3C[C@H](O)[C@@H](CO)O3)c2NC2=NCCCN21. The Morgan fingerprint density at radius 2 is 2.30 bits per heavy atom. The summed E-state index contributed by atoms with van der Waals surface area (Å²) in [7, 11) is 0. The Labute approximate surface area is 132 Å². The highest BCUT2D eigenvalue weighted by molar-refractivity contribution is 5.96. The summed E-state index contributed by atoms with van der Waals surface area (Å²) in [5.74, 6) is 1.40. The summed E-state index contributed by atoms with van der Waals surface area (Å²) >= 11 is 0. The number of rotatable bonds is 2. The van der Waals surface area contributed by atoms with E-state index in [9.17, 15) is 15.0 Å². The summed E-state index contributed by atoms with van der Waals surface area (Å²) in [4.78, 5) is 22.0. The van der Waals surface area contributed by atoms with Gasteiger partial charge in [0.1, 0.15) is 18.1 Å². The monoisotopic (exact) mass is 323 g/mol. The lowest BCUT2D eigenvalue weighted by Crippen LogP contribution is -2.46. The molecule has 4 N–H and O–H groups in total. The number of aromatic amines is 1. The highest BCUT2D eigenvalue weighted by atomic mass is 16.5. The third kappa shape index (κ3) is 2.19. The number of nitrogens with one attached hydrogen (secondary N) is 2. The molecule has 126 valence electrons. The molecular weight excluding hydrogens is 302 g/mol. The number of aliphatic imine (C=N–C) groups is 1. The van der Waals surface area contributed by atoms with Crippen molar-refractivity contribution in [3.63, 3.8) is 0 Å². The lowest BCUT2D eigenvalue weighted by Gasteiger charge is -2.38. The van der Waals surface area contributed by atoms with Gasteiger partial charge in [-0.25, -0.2) is 4.79 Å². The molecule has 0 amide bonds. The maximum atomic E-state index is 12.4. The van der Waals surface area contributed by atoms with Gasteiger partial charge in [-0.05, 0) is 13.3 Å². The molecular formula is C14H21N5O4. The second-order valence-electron chi connectivity index (χ2n) is 6.23. The zero-order valence-corrected chi connectivity index (χ0v) is 12.9. The number of H-pyrrole nitrogens is 1. The maximum absolute atomic E-state index is 12.4. The fourth-order valence-corrected chi connectivity index (χ4v) is 3.58. The van der Waals surface area contributed by atoms with Gasteiger partial charge in [-0.15, -0.1) is 0 Å². The van der Waals surface area contributed by atoms with Crippen LogP contribution in [0.4, 0.5) is 5.82 Å². The number of hydrogen-bond donors (Lipinski definition) is 4. The second kappa shape index (κ2) is 5.36. The Morgan fingerprint density at radius 3 is 3.04 bits per heavy atom. The fraction of sp³-hybridized carbons (Fsp3) is 0.714. The predicted octanol–water partition coefficient (Wildman–Crippen LogP) is -0.635. The third-order valence-corrected chi connectivity index (χ3v) is 4.83. The van der Waals surface area contributed by atoms with Crippen LogP contribution in [-0.2, 0) is 4.74 Å². The first-order chi connectivity index (χ1) is 11.1. The molecule has 9 heteroatoms. The van der Waals surface area contributed by atoms with Crippen LogP contribution in [0.1, 0.15) is 37.7 Å². The number of aliphatic hydroxyl groups is 2. The number of guanidine groups is 1. The van der Waals surface area contributed by atoms with Gasteiger partial charge in [0.05, 0.1) is 24.4 Å². The van der Waals surface area contributed by atoms with Crippen molar-refractivity contribution >= 4 is 11.8 Å². The van der Waals surface area contributed by atoms with Gasteiger partial charge < -0.3 is 30.2 Å². The number of aliphatic hydroxyl groups excluding tert-OH is 2. The Kier molecular flexibility index (Phi) is 3.43. The summed E-state index contributed by atoms with van der Waals surface area (Å²) < 4.78 is 7.12. The van der Waals surface area contributed by atoms with Crippen LogP contribution in [0.3, 0.4) is 0 Å². The topological polar surface area (TPSA) is 115 Å². The summed E-state index contributed by atoms with van der Waals surface area (Å²) in [6.07, 6.45) is -0.799.